The standard InChI is InChI=1S/C9H11N/c10-9-6-3-1-5-2-4-7(9)8(5)6/h1-9H,10H2/t5?,6-,7+,8?,9?. The van der Waals surface area contributed by atoms with Gasteiger partial charge in [-0.15, -0.1) is 0 Å². The van der Waals surface area contributed by atoms with Crippen molar-refractivity contribution in [2.24, 2.45) is 29.4 Å². The minimum Gasteiger partial charge on any atom is -0.327 e. The van der Waals surface area contributed by atoms with E-state index in [9.17, 15) is 0 Å². The van der Waals surface area contributed by atoms with Crippen molar-refractivity contribution in [1.29, 1.82) is 0 Å². The largest absolute Gasteiger partial charge is 0.327 e. The lowest BCUT2D eigenvalue weighted by Gasteiger charge is -2.44. The van der Waals surface area contributed by atoms with Gasteiger partial charge >= 0.3 is 0 Å². The average molecular weight is 133 g/mol. The highest BCUT2D eigenvalue weighted by Crippen LogP contribution is 2.54. The van der Waals surface area contributed by atoms with E-state index in [0.29, 0.717) is 17.9 Å². The maximum atomic E-state index is 5.94. The van der Waals surface area contributed by atoms with E-state index in [4.69, 9.17) is 5.73 Å². The van der Waals surface area contributed by atoms with Gasteiger partial charge in [-0.05, 0) is 23.7 Å². The van der Waals surface area contributed by atoms with Gasteiger partial charge in [0.1, 0.15) is 0 Å². The summed E-state index contributed by atoms with van der Waals surface area (Å²) < 4.78 is 0. The molecular weight excluding hydrogens is 122 g/mol. The molecule has 0 heterocycles. The molecule has 1 heteroatoms. The van der Waals surface area contributed by atoms with E-state index in [-0.39, 0.29) is 0 Å². The molecule has 3 aliphatic rings. The smallest absolute Gasteiger partial charge is 0.0172 e. The quantitative estimate of drug-likeness (QED) is 0.489. The van der Waals surface area contributed by atoms with Gasteiger partial charge in [-0.25, -0.2) is 0 Å². The van der Waals surface area contributed by atoms with Crippen LogP contribution in [0.25, 0.3) is 0 Å². The number of hydrogen-bond acceptors (Lipinski definition) is 1. The van der Waals surface area contributed by atoms with Crippen molar-refractivity contribution in [2.75, 3.05) is 0 Å². The van der Waals surface area contributed by atoms with Gasteiger partial charge < -0.3 is 5.73 Å². The fraction of sp³-hybridized carbons (Fsp3) is 0.556. The van der Waals surface area contributed by atoms with Crippen LogP contribution in [0.15, 0.2) is 24.3 Å². The zero-order valence-electron chi connectivity index (χ0n) is 5.77. The van der Waals surface area contributed by atoms with E-state index in [2.05, 4.69) is 24.3 Å². The Kier molecular flexibility index (Phi) is 0.706. The molecule has 0 aromatic heterocycles. The zero-order valence-corrected chi connectivity index (χ0v) is 5.77. The Bertz CT molecular complexity index is 207. The van der Waals surface area contributed by atoms with Crippen LogP contribution in [-0.4, -0.2) is 6.04 Å². The summed E-state index contributed by atoms with van der Waals surface area (Å²) in [5.74, 6) is 3.04. The van der Waals surface area contributed by atoms with Gasteiger partial charge in [0, 0.05) is 6.04 Å². The van der Waals surface area contributed by atoms with Crippen molar-refractivity contribution in [1.82, 2.24) is 0 Å². The van der Waals surface area contributed by atoms with Crippen molar-refractivity contribution < 1.29 is 0 Å². The summed E-state index contributed by atoms with van der Waals surface area (Å²) in [7, 11) is 0. The first-order chi connectivity index (χ1) is 4.88. The highest BCUT2D eigenvalue weighted by Gasteiger charge is 2.53. The number of rotatable bonds is 0. The van der Waals surface area contributed by atoms with Crippen LogP contribution in [0.4, 0.5) is 0 Å². The number of hydrogen-bond donors (Lipinski definition) is 1. The van der Waals surface area contributed by atoms with Crippen LogP contribution < -0.4 is 5.73 Å². The number of nitrogens with two attached hydrogens (primary N) is 1. The van der Waals surface area contributed by atoms with Gasteiger partial charge in [-0.3, -0.25) is 0 Å². The predicted octanol–water partition coefficient (Wildman–Crippen LogP) is 0.932. The maximum Gasteiger partial charge on any atom is 0.0172 e. The second-order valence-corrected chi connectivity index (χ2v) is 3.66. The lowest BCUT2D eigenvalue weighted by atomic mass is 9.63. The van der Waals surface area contributed by atoms with Crippen molar-refractivity contribution >= 4 is 0 Å². The van der Waals surface area contributed by atoms with E-state index in [0.717, 1.165) is 11.8 Å². The highest BCUT2D eigenvalue weighted by atomic mass is 14.8. The molecule has 5 atom stereocenters. The summed E-state index contributed by atoms with van der Waals surface area (Å²) in [5.41, 5.74) is 5.94. The summed E-state index contributed by atoms with van der Waals surface area (Å²) in [5, 5.41) is 0. The molecule has 2 N–H and O–H groups in total. The molecule has 0 aromatic rings. The van der Waals surface area contributed by atoms with E-state index in [1.165, 1.54) is 0 Å². The molecule has 52 valence electrons. The molecule has 1 fully saturated rings. The van der Waals surface area contributed by atoms with Gasteiger partial charge in [-0.1, -0.05) is 24.3 Å². The molecule has 0 bridgehead atoms. The van der Waals surface area contributed by atoms with E-state index < -0.39 is 0 Å². The lowest BCUT2D eigenvalue weighted by Crippen LogP contribution is -2.52. The predicted molar refractivity (Wildman–Crippen MR) is 40.2 cm³/mol. The van der Waals surface area contributed by atoms with Crippen molar-refractivity contribution in [3.8, 4) is 0 Å². The summed E-state index contributed by atoms with van der Waals surface area (Å²) in [4.78, 5) is 0. The molecular formula is C9H11N. The van der Waals surface area contributed by atoms with E-state index >= 15 is 0 Å². The maximum absolute atomic E-state index is 5.94. The molecule has 0 aromatic carbocycles. The first kappa shape index (κ1) is 5.14. The average Bonchev–Trinajstić information content (AvgIpc) is 2.37. The molecule has 10 heavy (non-hydrogen) atoms. The molecule has 0 aliphatic heterocycles. The van der Waals surface area contributed by atoms with E-state index in [1.54, 1.807) is 0 Å². The summed E-state index contributed by atoms with van der Waals surface area (Å²) in [6, 6.07) is 0.435. The monoisotopic (exact) mass is 133 g/mol. The van der Waals surface area contributed by atoms with Gasteiger partial charge in [0.2, 0.25) is 0 Å². The Labute approximate surface area is 60.6 Å². The molecule has 0 saturated heterocycles. The second-order valence-electron chi connectivity index (χ2n) is 3.66. The Morgan fingerprint density at radius 3 is 2.10 bits per heavy atom. The van der Waals surface area contributed by atoms with Gasteiger partial charge in [0.15, 0.2) is 0 Å². The third-order valence-electron chi connectivity index (χ3n) is 3.33. The van der Waals surface area contributed by atoms with Gasteiger partial charge in [-0.2, -0.15) is 0 Å². The van der Waals surface area contributed by atoms with Crippen molar-refractivity contribution in [3.63, 3.8) is 0 Å². The van der Waals surface area contributed by atoms with Crippen molar-refractivity contribution in [2.45, 2.75) is 6.04 Å². The zero-order chi connectivity index (χ0) is 6.72. The normalized spacial score (nSPS) is 60.7. The molecule has 1 nitrogen and oxygen atoms in total. The highest BCUT2D eigenvalue weighted by molar-refractivity contribution is 5.31. The van der Waals surface area contributed by atoms with Crippen LogP contribution in [-0.2, 0) is 0 Å². The second kappa shape index (κ2) is 1.37. The number of allylic oxidation sites excluding steroid dienone is 2. The third-order valence-corrected chi connectivity index (χ3v) is 3.33. The van der Waals surface area contributed by atoms with Crippen LogP contribution >= 0.6 is 0 Å². The minimum absolute atomic E-state index is 0.435. The fourth-order valence-corrected chi connectivity index (χ4v) is 2.74. The minimum atomic E-state index is 0.435. The summed E-state index contributed by atoms with van der Waals surface area (Å²) in [6.07, 6.45) is 9.25. The molecule has 3 unspecified atom stereocenters. The first-order valence-corrected chi connectivity index (χ1v) is 4.00. The van der Waals surface area contributed by atoms with Gasteiger partial charge in [0.25, 0.3) is 0 Å². The van der Waals surface area contributed by atoms with Gasteiger partial charge in [0.05, 0.1) is 0 Å². The Hall–Kier alpha value is -0.560. The topological polar surface area (TPSA) is 26.0 Å². The summed E-state index contributed by atoms with van der Waals surface area (Å²) >= 11 is 0. The molecule has 0 radical (unpaired) electrons. The van der Waals surface area contributed by atoms with Crippen LogP contribution in [0.2, 0.25) is 0 Å². The molecule has 0 amide bonds. The molecule has 3 rings (SSSR count). The van der Waals surface area contributed by atoms with Crippen LogP contribution in [0, 0.1) is 23.7 Å². The Morgan fingerprint density at radius 2 is 1.50 bits per heavy atom. The SMILES string of the molecule is NC1[C@H]2C=CC3C=C[C@@H]1C32. The van der Waals surface area contributed by atoms with Crippen LogP contribution in [0.3, 0.4) is 0 Å². The van der Waals surface area contributed by atoms with Crippen LogP contribution in [0.5, 0.6) is 0 Å². The van der Waals surface area contributed by atoms with Crippen LogP contribution in [0.1, 0.15) is 0 Å². The molecule has 1 saturated carbocycles. The third kappa shape index (κ3) is 0.356. The van der Waals surface area contributed by atoms with E-state index in [1.807, 2.05) is 0 Å². The van der Waals surface area contributed by atoms with Crippen molar-refractivity contribution in [3.05, 3.63) is 24.3 Å². The fourth-order valence-electron chi connectivity index (χ4n) is 2.74. The lowest BCUT2D eigenvalue weighted by molar-refractivity contribution is 0.119. The summed E-state index contributed by atoms with van der Waals surface area (Å²) in [6.45, 7) is 0. The Balaban J connectivity index is 2.06. The molecule has 0 spiro atoms. The first-order valence-electron chi connectivity index (χ1n) is 4.00. The molecule has 3 aliphatic carbocycles. The Morgan fingerprint density at radius 1 is 0.900 bits per heavy atom.